The third kappa shape index (κ3) is 6.98. The zero-order valence-corrected chi connectivity index (χ0v) is 31.9. The molecule has 3 aromatic rings. The van der Waals surface area contributed by atoms with E-state index in [-0.39, 0.29) is 57.7 Å². The Labute approximate surface area is 310 Å². The van der Waals surface area contributed by atoms with Gasteiger partial charge in [-0.15, -0.1) is 17.9 Å². The van der Waals surface area contributed by atoms with Gasteiger partial charge in [-0.3, -0.25) is 9.59 Å². The van der Waals surface area contributed by atoms with Crippen LogP contribution in [0.4, 0.5) is 13.2 Å². The lowest BCUT2D eigenvalue weighted by molar-refractivity contribution is -0.688. The molecule has 0 aliphatic heterocycles. The smallest absolute Gasteiger partial charge is 0.416 e. The number of alkyl halides is 3. The van der Waals surface area contributed by atoms with Gasteiger partial charge in [-0.2, -0.15) is 13.2 Å². The van der Waals surface area contributed by atoms with Crippen molar-refractivity contribution in [2.45, 2.75) is 89.1 Å². The van der Waals surface area contributed by atoms with Crippen LogP contribution in [0.3, 0.4) is 0 Å². The van der Waals surface area contributed by atoms with Gasteiger partial charge in [0.25, 0.3) is 0 Å². The van der Waals surface area contributed by atoms with E-state index in [1.807, 2.05) is 41.4 Å². The molecule has 0 amide bonds. The summed E-state index contributed by atoms with van der Waals surface area (Å²) < 4.78 is 47.6. The van der Waals surface area contributed by atoms with Crippen molar-refractivity contribution in [2.24, 2.45) is 34.0 Å². The predicted octanol–water partition coefficient (Wildman–Crippen LogP) is 5.17. The minimum Gasteiger partial charge on any atom is -1.00 e. The Morgan fingerprint density at radius 3 is 2.48 bits per heavy atom. The van der Waals surface area contributed by atoms with E-state index in [0.29, 0.717) is 23.7 Å². The number of pyridine rings is 1. The number of carbonyl (C=O) groups is 2. The van der Waals surface area contributed by atoms with Crippen LogP contribution in [-0.4, -0.2) is 39.8 Å². The van der Waals surface area contributed by atoms with Crippen LogP contribution in [0.5, 0.6) is 0 Å². The van der Waals surface area contributed by atoms with E-state index in [0.717, 1.165) is 48.2 Å². The van der Waals surface area contributed by atoms with Crippen LogP contribution in [-0.2, 0) is 27.0 Å². The Kier molecular flexibility index (Phi) is 11.2. The quantitative estimate of drug-likeness (QED) is 0.147. The Bertz CT molecular complexity index is 1720. The fourth-order valence-corrected chi connectivity index (χ4v) is 10.6. The molecule has 0 spiro atoms. The van der Waals surface area contributed by atoms with Crippen LogP contribution in [0.1, 0.15) is 70.9 Å². The monoisotopic (exact) mass is 792 g/mol. The number of thioether (sulfide) groups is 1. The highest BCUT2D eigenvalue weighted by molar-refractivity contribution is 8.01. The number of aromatic nitrogens is 2. The van der Waals surface area contributed by atoms with E-state index in [9.17, 15) is 27.9 Å². The highest BCUT2D eigenvalue weighted by atomic mass is 79.9. The molecule has 8 atom stereocenters. The molecule has 3 saturated carbocycles. The molecule has 0 radical (unpaired) electrons. The molecule has 2 bridgehead atoms. The predicted molar refractivity (Wildman–Crippen MR) is 184 cm³/mol. The lowest BCUT2D eigenvalue weighted by Crippen LogP contribution is -3.00. The van der Waals surface area contributed by atoms with Gasteiger partial charge < -0.3 is 26.8 Å². The molecule has 6 rings (SSSR count). The molecular weight excluding hydrogens is 749 g/mol. The lowest BCUT2D eigenvalue weighted by Gasteiger charge is -2.61. The van der Waals surface area contributed by atoms with Gasteiger partial charge >= 0.3 is 12.1 Å². The number of Topliss-reactive ketones (excluding diaryl/α,β-unsaturated/α-hetero) is 1. The first-order chi connectivity index (χ1) is 23.1. The van der Waals surface area contributed by atoms with Crippen molar-refractivity contribution in [1.82, 2.24) is 4.98 Å². The average molecular weight is 794 g/mol. The number of rotatable bonds is 8. The fraction of sp³-hybridized carbons (Fsp3) is 0.526. The number of aliphatic hydroxyl groups is 1. The van der Waals surface area contributed by atoms with Crippen molar-refractivity contribution in [1.29, 1.82) is 0 Å². The number of nitrogens with zero attached hydrogens (tertiary/aromatic N) is 2. The second-order valence-electron chi connectivity index (χ2n) is 14.8. The Morgan fingerprint density at radius 2 is 1.84 bits per heavy atom. The van der Waals surface area contributed by atoms with E-state index in [2.05, 4.69) is 27.4 Å². The summed E-state index contributed by atoms with van der Waals surface area (Å²) in [5, 5.41) is 13.7. The molecule has 1 N–H and O–H groups in total. The SMILES string of the molecule is C=C[C@]1(C)C[C@@H](OC(=O)CSc2nc(-c3cc[n+](Cc4ccc(C(F)(F)F)cc4)cc3)cs2)[C@]2(C)[C@H](C)CC[C@]3(CCC(=O)[C@H]32)[C@@H](C)[C@@H]1O.[Br-]. The first-order valence-corrected chi connectivity index (χ1v) is 18.7. The topological polar surface area (TPSA) is 80.4 Å². The van der Waals surface area contributed by atoms with Gasteiger partial charge in [-0.25, -0.2) is 9.55 Å². The van der Waals surface area contributed by atoms with E-state index in [1.54, 1.807) is 6.08 Å². The summed E-state index contributed by atoms with van der Waals surface area (Å²) in [7, 11) is 0. The zero-order valence-electron chi connectivity index (χ0n) is 28.7. The molecule has 1 aromatic carbocycles. The second kappa shape index (κ2) is 14.5. The van der Waals surface area contributed by atoms with E-state index in [1.165, 1.54) is 35.2 Å². The summed E-state index contributed by atoms with van der Waals surface area (Å²) in [6.45, 7) is 12.9. The first-order valence-electron chi connectivity index (χ1n) is 16.9. The van der Waals surface area contributed by atoms with Crippen LogP contribution >= 0.6 is 23.1 Å². The summed E-state index contributed by atoms with van der Waals surface area (Å²) >= 11 is 2.74. The summed E-state index contributed by atoms with van der Waals surface area (Å²) in [4.78, 5) is 31.9. The van der Waals surface area contributed by atoms with Gasteiger partial charge in [0.15, 0.2) is 23.3 Å². The summed E-state index contributed by atoms with van der Waals surface area (Å²) in [5.74, 6) is -0.278. The van der Waals surface area contributed by atoms with Crippen molar-refractivity contribution in [3.63, 3.8) is 0 Å². The molecule has 3 aliphatic rings. The Hall–Kier alpha value is -2.54. The number of hydrogen-bond acceptors (Lipinski definition) is 7. The molecular formula is C38H44BrF3N2O4S2. The number of carbonyl (C=O) groups excluding carboxylic acids is 2. The van der Waals surface area contributed by atoms with Gasteiger partial charge in [0.2, 0.25) is 0 Å². The molecule has 0 saturated heterocycles. The van der Waals surface area contributed by atoms with E-state index < -0.39 is 34.8 Å². The maximum absolute atomic E-state index is 13.6. The normalized spacial score (nSPS) is 32.3. The molecule has 270 valence electrons. The number of esters is 1. The van der Waals surface area contributed by atoms with Crippen LogP contribution < -0.4 is 21.5 Å². The Morgan fingerprint density at radius 1 is 1.16 bits per heavy atom. The molecule has 6 nitrogen and oxygen atoms in total. The third-order valence-electron chi connectivity index (χ3n) is 12.2. The van der Waals surface area contributed by atoms with Crippen molar-refractivity contribution in [3.05, 3.63) is 78.0 Å². The van der Waals surface area contributed by atoms with E-state index >= 15 is 0 Å². The minimum absolute atomic E-state index is 0. The number of ether oxygens (including phenoxy) is 1. The van der Waals surface area contributed by atoms with Crippen molar-refractivity contribution in [2.75, 3.05) is 5.75 Å². The molecule has 0 unspecified atom stereocenters. The van der Waals surface area contributed by atoms with Crippen LogP contribution in [0, 0.1) is 34.0 Å². The van der Waals surface area contributed by atoms with Crippen LogP contribution in [0.15, 0.2) is 71.2 Å². The van der Waals surface area contributed by atoms with E-state index in [4.69, 9.17) is 9.72 Å². The number of thiazole rings is 1. The minimum atomic E-state index is -4.36. The Balaban J connectivity index is 0.00000486. The standard InChI is InChI=1S/C38H44F3N2O4S2.BrH/c1-6-35(4)19-30(36(5)23(2)11-15-37(24(3)33(35)46)16-12-29(44)32(36)37)47-31(45)22-49-34-42-28(21-48-34)26-13-17-43(18-14-26)20-25-7-9-27(10-8-25)38(39,40)41;/h6-10,13-14,17-18,21,23-24,30,32-33,46H,1,11-12,15-16,19-20,22H2,2-5H3;1H/q+1;/p-1/t23-,24+,30-,32+,33+,35-,36+,37+;/m1./s1. The van der Waals surface area contributed by atoms with Gasteiger partial charge in [0, 0.05) is 51.8 Å². The van der Waals surface area contributed by atoms with Gasteiger partial charge in [0.05, 0.1) is 23.1 Å². The average Bonchev–Trinajstić information content (AvgIpc) is 3.70. The van der Waals surface area contributed by atoms with Crippen LogP contribution in [0.2, 0.25) is 0 Å². The lowest BCUT2D eigenvalue weighted by atomic mass is 9.44. The van der Waals surface area contributed by atoms with Crippen LogP contribution in [0.25, 0.3) is 11.3 Å². The maximum Gasteiger partial charge on any atom is 0.416 e. The third-order valence-corrected chi connectivity index (χ3v) is 14.2. The molecule has 50 heavy (non-hydrogen) atoms. The zero-order chi connectivity index (χ0) is 35.4. The summed E-state index contributed by atoms with van der Waals surface area (Å²) in [5.41, 5.74) is 0.155. The van der Waals surface area contributed by atoms with Gasteiger partial charge in [-0.05, 0) is 55.1 Å². The molecule has 2 aromatic heterocycles. The maximum atomic E-state index is 13.6. The summed E-state index contributed by atoms with van der Waals surface area (Å²) in [6, 6.07) is 8.95. The van der Waals surface area contributed by atoms with Crippen molar-refractivity contribution < 1.29 is 54.2 Å². The largest absolute Gasteiger partial charge is 1.00 e. The van der Waals surface area contributed by atoms with Crippen molar-refractivity contribution >= 4 is 34.9 Å². The highest BCUT2D eigenvalue weighted by Gasteiger charge is 2.68. The van der Waals surface area contributed by atoms with Crippen molar-refractivity contribution in [3.8, 4) is 11.3 Å². The summed E-state index contributed by atoms with van der Waals surface area (Å²) in [6.07, 6.45) is 3.35. The second-order valence-corrected chi connectivity index (χ2v) is 16.9. The number of ketones is 1. The number of halogens is 4. The molecule has 12 heteroatoms. The van der Waals surface area contributed by atoms with Gasteiger partial charge in [-0.1, -0.05) is 57.7 Å². The number of hydrogen-bond donors (Lipinski definition) is 1. The number of benzene rings is 1. The molecule has 3 fully saturated rings. The number of aliphatic hydroxyl groups excluding tert-OH is 1. The fourth-order valence-electron chi connectivity index (χ4n) is 9.01. The first kappa shape index (κ1) is 38.7. The molecule has 3 aliphatic carbocycles. The van der Waals surface area contributed by atoms with Gasteiger partial charge in [0.1, 0.15) is 11.9 Å². The highest BCUT2D eigenvalue weighted by Crippen LogP contribution is 2.68. The molecule has 2 heterocycles.